The molecule has 0 aromatic carbocycles. The second-order valence-electron chi connectivity index (χ2n) is 4.61. The fourth-order valence-electron chi connectivity index (χ4n) is 2.46. The second-order valence-corrected chi connectivity index (χ2v) is 4.61. The number of allylic oxidation sites excluding steroid dienone is 1. The van der Waals surface area contributed by atoms with Gasteiger partial charge in [-0.25, -0.2) is 4.79 Å². The number of fused-ring (bicyclic) bond motifs is 2. The van der Waals surface area contributed by atoms with Gasteiger partial charge in [0.25, 0.3) is 0 Å². The zero-order valence-electron chi connectivity index (χ0n) is 9.45. The maximum absolute atomic E-state index is 11.6. The Morgan fingerprint density at radius 2 is 1.93 bits per heavy atom. The van der Waals surface area contributed by atoms with Gasteiger partial charge in [-0.3, -0.25) is 0 Å². The smallest absolute Gasteiger partial charge is 0.333 e. The van der Waals surface area contributed by atoms with E-state index in [1.807, 2.05) is 6.92 Å². The van der Waals surface area contributed by atoms with Gasteiger partial charge in [0.2, 0.25) is 0 Å². The molecule has 2 saturated heterocycles. The molecule has 0 saturated carbocycles. The van der Waals surface area contributed by atoms with Crippen molar-refractivity contribution in [3.05, 3.63) is 11.6 Å². The van der Waals surface area contributed by atoms with Gasteiger partial charge in [-0.1, -0.05) is 6.08 Å². The van der Waals surface area contributed by atoms with Gasteiger partial charge in [0, 0.05) is 17.7 Å². The molecule has 2 aliphatic heterocycles. The molecule has 2 atom stereocenters. The molecule has 15 heavy (non-hydrogen) atoms. The molecular formula is C12H19NO2. The van der Waals surface area contributed by atoms with E-state index >= 15 is 0 Å². The summed E-state index contributed by atoms with van der Waals surface area (Å²) in [4.78, 5) is 11.6. The Bertz CT molecular complexity index is 273. The van der Waals surface area contributed by atoms with E-state index in [0.717, 1.165) is 12.8 Å². The van der Waals surface area contributed by atoms with Crippen molar-refractivity contribution in [3.63, 3.8) is 0 Å². The third-order valence-electron chi connectivity index (χ3n) is 3.46. The van der Waals surface area contributed by atoms with Crippen LogP contribution in [0.15, 0.2) is 11.6 Å². The topological polar surface area (TPSA) is 38.3 Å². The van der Waals surface area contributed by atoms with Crippen LogP contribution in [0.3, 0.4) is 0 Å². The van der Waals surface area contributed by atoms with E-state index in [4.69, 9.17) is 4.74 Å². The summed E-state index contributed by atoms with van der Waals surface area (Å²) in [6.07, 6.45) is 6.38. The fraction of sp³-hybridized carbons (Fsp3) is 0.750. The molecule has 0 aliphatic carbocycles. The highest BCUT2D eigenvalue weighted by Gasteiger charge is 2.35. The van der Waals surface area contributed by atoms with Crippen molar-refractivity contribution in [3.8, 4) is 0 Å². The lowest BCUT2D eigenvalue weighted by Gasteiger charge is -2.28. The van der Waals surface area contributed by atoms with Crippen LogP contribution < -0.4 is 5.32 Å². The first kappa shape index (κ1) is 10.7. The third kappa shape index (κ3) is 2.40. The minimum absolute atomic E-state index is 0.131. The lowest BCUT2D eigenvalue weighted by atomic mass is 10.0. The van der Waals surface area contributed by atoms with Crippen LogP contribution in [0.4, 0.5) is 0 Å². The van der Waals surface area contributed by atoms with E-state index in [2.05, 4.69) is 5.32 Å². The molecule has 0 radical (unpaired) electrons. The van der Waals surface area contributed by atoms with Gasteiger partial charge in [0.05, 0.1) is 0 Å². The molecule has 2 unspecified atom stereocenters. The van der Waals surface area contributed by atoms with E-state index in [0.29, 0.717) is 17.7 Å². The number of piperidine rings is 1. The Kier molecular flexibility index (Phi) is 3.10. The van der Waals surface area contributed by atoms with Gasteiger partial charge >= 0.3 is 5.97 Å². The Morgan fingerprint density at radius 1 is 1.33 bits per heavy atom. The van der Waals surface area contributed by atoms with Crippen molar-refractivity contribution < 1.29 is 9.53 Å². The maximum atomic E-state index is 11.6. The Labute approximate surface area is 90.9 Å². The first-order valence-corrected chi connectivity index (χ1v) is 5.79. The summed E-state index contributed by atoms with van der Waals surface area (Å²) in [5.41, 5.74) is 0.709. The molecule has 2 rings (SSSR count). The largest absolute Gasteiger partial charge is 0.459 e. The number of nitrogens with one attached hydrogen (secondary N) is 1. The number of hydrogen-bond acceptors (Lipinski definition) is 3. The molecule has 3 nitrogen and oxygen atoms in total. The van der Waals surface area contributed by atoms with Crippen molar-refractivity contribution in [2.75, 3.05) is 0 Å². The van der Waals surface area contributed by atoms with Crippen molar-refractivity contribution in [1.82, 2.24) is 5.32 Å². The minimum atomic E-state index is -0.149. The van der Waals surface area contributed by atoms with E-state index in [1.165, 1.54) is 12.8 Å². The molecule has 1 N–H and O–H groups in total. The highest BCUT2D eigenvalue weighted by Crippen LogP contribution is 2.28. The van der Waals surface area contributed by atoms with Crippen molar-refractivity contribution in [2.45, 2.75) is 57.7 Å². The Morgan fingerprint density at radius 3 is 2.47 bits per heavy atom. The van der Waals surface area contributed by atoms with Gasteiger partial charge in [-0.15, -0.1) is 0 Å². The first-order chi connectivity index (χ1) is 7.19. The van der Waals surface area contributed by atoms with Gasteiger partial charge in [0.1, 0.15) is 6.10 Å². The first-order valence-electron chi connectivity index (χ1n) is 5.79. The van der Waals surface area contributed by atoms with E-state index in [1.54, 1.807) is 13.0 Å². The van der Waals surface area contributed by atoms with Crippen LogP contribution >= 0.6 is 0 Å². The zero-order chi connectivity index (χ0) is 10.8. The molecule has 2 bridgehead atoms. The summed E-state index contributed by atoms with van der Waals surface area (Å²) in [6.45, 7) is 3.67. The average Bonchev–Trinajstić information content (AvgIpc) is 2.57. The van der Waals surface area contributed by atoms with Crippen LogP contribution in [0, 0.1) is 0 Å². The summed E-state index contributed by atoms with van der Waals surface area (Å²) < 4.78 is 5.48. The monoisotopic (exact) mass is 209 g/mol. The number of ether oxygens (including phenoxy) is 1. The highest BCUT2D eigenvalue weighted by atomic mass is 16.5. The van der Waals surface area contributed by atoms with Crippen molar-refractivity contribution >= 4 is 5.97 Å². The predicted octanol–water partition coefficient (Wildman–Crippen LogP) is 1.78. The fourth-order valence-corrected chi connectivity index (χ4v) is 2.46. The summed E-state index contributed by atoms with van der Waals surface area (Å²) >= 11 is 0. The number of rotatable bonds is 2. The van der Waals surface area contributed by atoms with Gasteiger partial charge in [-0.2, -0.15) is 0 Å². The lowest BCUT2D eigenvalue weighted by molar-refractivity contribution is -0.145. The van der Waals surface area contributed by atoms with Crippen LogP contribution in [0.25, 0.3) is 0 Å². The predicted molar refractivity (Wildman–Crippen MR) is 58.5 cm³/mol. The molecule has 2 aliphatic rings. The number of carbonyl (C=O) groups is 1. The van der Waals surface area contributed by atoms with Crippen LogP contribution in [-0.2, 0) is 9.53 Å². The van der Waals surface area contributed by atoms with Gasteiger partial charge in [-0.05, 0) is 39.5 Å². The van der Waals surface area contributed by atoms with Gasteiger partial charge in [0.15, 0.2) is 0 Å². The molecule has 84 valence electrons. The molecule has 0 aromatic rings. The van der Waals surface area contributed by atoms with Crippen LogP contribution in [0.1, 0.15) is 39.5 Å². The standard InChI is InChI=1S/C12H19NO2/c1-3-8(2)12(14)15-11-6-9-4-5-10(7-11)13-9/h3,9-11,13H,4-7H2,1-2H3. The molecule has 0 aromatic heterocycles. The van der Waals surface area contributed by atoms with Crippen molar-refractivity contribution in [1.29, 1.82) is 0 Å². The maximum Gasteiger partial charge on any atom is 0.333 e. The summed E-state index contributed by atoms with van der Waals surface area (Å²) in [6, 6.07) is 1.15. The lowest BCUT2D eigenvalue weighted by Crippen LogP contribution is -2.42. The Hall–Kier alpha value is -0.830. The number of carbonyl (C=O) groups excluding carboxylic acids is 1. The summed E-state index contributed by atoms with van der Waals surface area (Å²) in [5, 5.41) is 3.53. The van der Waals surface area contributed by atoms with E-state index in [-0.39, 0.29) is 12.1 Å². The molecule has 2 fully saturated rings. The third-order valence-corrected chi connectivity index (χ3v) is 3.46. The normalized spacial score (nSPS) is 35.3. The highest BCUT2D eigenvalue weighted by molar-refractivity contribution is 5.87. The van der Waals surface area contributed by atoms with Crippen molar-refractivity contribution in [2.24, 2.45) is 0 Å². The average molecular weight is 209 g/mol. The quantitative estimate of drug-likeness (QED) is 0.556. The molecule has 0 spiro atoms. The van der Waals surface area contributed by atoms with Crippen LogP contribution in [0.5, 0.6) is 0 Å². The molecule has 3 heteroatoms. The second kappa shape index (κ2) is 4.35. The van der Waals surface area contributed by atoms with Crippen LogP contribution in [0.2, 0.25) is 0 Å². The zero-order valence-corrected chi connectivity index (χ0v) is 9.45. The number of esters is 1. The SMILES string of the molecule is CC=C(C)C(=O)OC1CC2CCC(C1)N2. The summed E-state index contributed by atoms with van der Waals surface area (Å²) in [7, 11) is 0. The van der Waals surface area contributed by atoms with Crippen LogP contribution in [-0.4, -0.2) is 24.2 Å². The Balaban J connectivity index is 1.88. The van der Waals surface area contributed by atoms with E-state index in [9.17, 15) is 4.79 Å². The molecular weight excluding hydrogens is 190 g/mol. The molecule has 2 heterocycles. The van der Waals surface area contributed by atoms with E-state index < -0.39 is 0 Å². The number of hydrogen-bond donors (Lipinski definition) is 1. The minimum Gasteiger partial charge on any atom is -0.459 e. The summed E-state index contributed by atoms with van der Waals surface area (Å²) in [5.74, 6) is -0.149. The molecule has 0 amide bonds. The van der Waals surface area contributed by atoms with Gasteiger partial charge < -0.3 is 10.1 Å².